The van der Waals surface area contributed by atoms with E-state index < -0.39 is 6.10 Å². The average molecular weight is 291 g/mol. The number of aryl methyl sites for hydroxylation is 2. The topological polar surface area (TPSA) is 29.5 Å². The summed E-state index contributed by atoms with van der Waals surface area (Å²) < 4.78 is 5.35. The number of ether oxygens (including phenoxy) is 1. The van der Waals surface area contributed by atoms with Gasteiger partial charge in [-0.15, -0.1) is 0 Å². The number of halogens is 1. The second kappa shape index (κ2) is 6.29. The molecule has 0 spiro atoms. The van der Waals surface area contributed by atoms with E-state index in [2.05, 4.69) is 0 Å². The fourth-order valence-corrected chi connectivity index (χ4v) is 2.54. The molecule has 0 aliphatic heterocycles. The molecule has 2 rings (SSSR count). The van der Waals surface area contributed by atoms with Crippen molar-refractivity contribution >= 4 is 11.6 Å². The summed E-state index contributed by atoms with van der Waals surface area (Å²) in [5, 5.41) is 11.1. The van der Waals surface area contributed by atoms with Gasteiger partial charge < -0.3 is 9.84 Å². The van der Waals surface area contributed by atoms with Crippen LogP contribution in [0.3, 0.4) is 0 Å². The second-order valence-electron chi connectivity index (χ2n) is 5.04. The third-order valence-corrected chi connectivity index (χ3v) is 3.68. The maximum Gasteiger partial charge on any atom is 0.122 e. The van der Waals surface area contributed by atoms with Gasteiger partial charge in [0.1, 0.15) is 5.75 Å². The van der Waals surface area contributed by atoms with E-state index in [0.29, 0.717) is 11.4 Å². The van der Waals surface area contributed by atoms with Crippen molar-refractivity contribution in [3.05, 3.63) is 63.7 Å². The van der Waals surface area contributed by atoms with E-state index in [-0.39, 0.29) is 0 Å². The van der Waals surface area contributed by atoms with Crippen molar-refractivity contribution in [1.82, 2.24) is 0 Å². The Bertz CT molecular complexity index is 608. The summed E-state index contributed by atoms with van der Waals surface area (Å²) in [7, 11) is 1.64. The van der Waals surface area contributed by atoms with Gasteiger partial charge in [-0.1, -0.05) is 35.4 Å². The fraction of sp³-hybridized carbons (Fsp3) is 0.294. The highest BCUT2D eigenvalue weighted by atomic mass is 35.5. The Balaban J connectivity index is 2.29. The number of benzene rings is 2. The minimum Gasteiger partial charge on any atom is -0.496 e. The molecule has 1 unspecified atom stereocenters. The van der Waals surface area contributed by atoms with Gasteiger partial charge in [0.15, 0.2) is 0 Å². The Hall–Kier alpha value is -1.51. The van der Waals surface area contributed by atoms with Gasteiger partial charge in [0, 0.05) is 11.4 Å². The van der Waals surface area contributed by atoms with Crippen LogP contribution in [0.2, 0.25) is 5.02 Å². The summed E-state index contributed by atoms with van der Waals surface area (Å²) in [5.41, 5.74) is 4.05. The van der Waals surface area contributed by atoms with Gasteiger partial charge in [-0.25, -0.2) is 0 Å². The Kier molecular flexibility index (Phi) is 4.69. The highest BCUT2D eigenvalue weighted by molar-refractivity contribution is 6.30. The van der Waals surface area contributed by atoms with Crippen molar-refractivity contribution in [2.24, 2.45) is 0 Å². The van der Waals surface area contributed by atoms with E-state index in [1.54, 1.807) is 7.11 Å². The van der Waals surface area contributed by atoms with Crippen LogP contribution in [0.5, 0.6) is 5.75 Å². The minimum absolute atomic E-state index is 0.506. The van der Waals surface area contributed by atoms with E-state index in [4.69, 9.17) is 16.3 Å². The SMILES string of the molecule is COc1ccc(C)cc1CC(O)c1cc(Cl)ccc1C. The first-order valence-electron chi connectivity index (χ1n) is 6.59. The molecule has 0 saturated heterocycles. The van der Waals surface area contributed by atoms with Crippen LogP contribution in [0.1, 0.15) is 28.4 Å². The minimum atomic E-state index is -0.593. The first kappa shape index (κ1) is 14.9. The lowest BCUT2D eigenvalue weighted by Crippen LogP contribution is -2.05. The predicted octanol–water partition coefficient (Wildman–Crippen LogP) is 4.24. The molecule has 0 aliphatic rings. The van der Waals surface area contributed by atoms with Crippen LogP contribution in [-0.2, 0) is 6.42 Å². The normalized spacial score (nSPS) is 12.2. The molecule has 0 aliphatic carbocycles. The molecule has 1 N–H and O–H groups in total. The van der Waals surface area contributed by atoms with Gasteiger partial charge >= 0.3 is 0 Å². The maximum atomic E-state index is 10.5. The number of aliphatic hydroxyl groups is 1. The zero-order valence-electron chi connectivity index (χ0n) is 12.0. The van der Waals surface area contributed by atoms with Crippen molar-refractivity contribution in [1.29, 1.82) is 0 Å². The number of hydrogen-bond donors (Lipinski definition) is 1. The molecule has 0 aromatic heterocycles. The Labute approximate surface area is 125 Å². The van der Waals surface area contributed by atoms with E-state index in [1.807, 2.05) is 50.2 Å². The molecule has 0 heterocycles. The molecule has 1 atom stereocenters. The van der Waals surface area contributed by atoms with Crippen LogP contribution in [-0.4, -0.2) is 12.2 Å². The van der Waals surface area contributed by atoms with Crippen LogP contribution < -0.4 is 4.74 Å². The quantitative estimate of drug-likeness (QED) is 0.912. The van der Waals surface area contributed by atoms with Gasteiger partial charge in [-0.3, -0.25) is 0 Å². The fourth-order valence-electron chi connectivity index (χ4n) is 2.36. The number of methoxy groups -OCH3 is 1. The molecule has 106 valence electrons. The highest BCUT2D eigenvalue weighted by Crippen LogP contribution is 2.28. The van der Waals surface area contributed by atoms with Gasteiger partial charge in [0.05, 0.1) is 13.2 Å². The van der Waals surface area contributed by atoms with Crippen molar-refractivity contribution < 1.29 is 9.84 Å². The van der Waals surface area contributed by atoms with E-state index in [9.17, 15) is 5.11 Å². The first-order valence-corrected chi connectivity index (χ1v) is 6.96. The molecule has 2 nitrogen and oxygen atoms in total. The lowest BCUT2D eigenvalue weighted by atomic mass is 9.96. The summed E-state index contributed by atoms with van der Waals surface area (Å²) in [5.74, 6) is 0.800. The maximum absolute atomic E-state index is 10.5. The molecule has 0 amide bonds. The van der Waals surface area contributed by atoms with Crippen molar-refractivity contribution in [2.45, 2.75) is 26.4 Å². The molecule has 0 saturated carbocycles. The lowest BCUT2D eigenvalue weighted by molar-refractivity contribution is 0.176. The van der Waals surface area contributed by atoms with Gasteiger partial charge in [0.25, 0.3) is 0 Å². The average Bonchev–Trinajstić information content (AvgIpc) is 2.41. The molecular formula is C17H19ClO2. The first-order chi connectivity index (χ1) is 9.51. The van der Waals surface area contributed by atoms with Crippen molar-refractivity contribution in [3.63, 3.8) is 0 Å². The number of aliphatic hydroxyl groups excluding tert-OH is 1. The largest absolute Gasteiger partial charge is 0.496 e. The Morgan fingerprint density at radius 1 is 1.15 bits per heavy atom. The number of rotatable bonds is 4. The molecule has 3 heteroatoms. The molecule has 2 aromatic rings. The number of hydrogen-bond acceptors (Lipinski definition) is 2. The van der Waals surface area contributed by atoms with E-state index in [1.165, 1.54) is 0 Å². The summed E-state index contributed by atoms with van der Waals surface area (Å²) in [6.07, 6.45) is -0.0872. The Morgan fingerprint density at radius 2 is 1.90 bits per heavy atom. The smallest absolute Gasteiger partial charge is 0.122 e. The van der Waals surface area contributed by atoms with Crippen molar-refractivity contribution in [2.75, 3.05) is 7.11 Å². The van der Waals surface area contributed by atoms with Gasteiger partial charge in [-0.2, -0.15) is 0 Å². The third kappa shape index (κ3) is 3.33. The lowest BCUT2D eigenvalue weighted by Gasteiger charge is -2.16. The highest BCUT2D eigenvalue weighted by Gasteiger charge is 2.14. The van der Waals surface area contributed by atoms with Crippen LogP contribution in [0.25, 0.3) is 0 Å². The molecule has 0 fully saturated rings. The molecular weight excluding hydrogens is 272 g/mol. The zero-order chi connectivity index (χ0) is 14.7. The molecule has 20 heavy (non-hydrogen) atoms. The zero-order valence-corrected chi connectivity index (χ0v) is 12.7. The monoisotopic (exact) mass is 290 g/mol. The van der Waals surface area contributed by atoms with E-state index >= 15 is 0 Å². The standard InChI is InChI=1S/C17H19ClO2/c1-11-4-7-17(20-3)13(8-11)9-16(19)15-10-14(18)6-5-12(15)2/h4-8,10,16,19H,9H2,1-3H3. The van der Waals surface area contributed by atoms with Crippen LogP contribution in [0, 0.1) is 13.8 Å². The summed E-state index contributed by atoms with van der Waals surface area (Å²) in [4.78, 5) is 0. The second-order valence-corrected chi connectivity index (χ2v) is 5.47. The van der Waals surface area contributed by atoms with Crippen molar-refractivity contribution in [3.8, 4) is 5.75 Å². The van der Waals surface area contributed by atoms with Crippen LogP contribution in [0.15, 0.2) is 36.4 Å². The summed E-state index contributed by atoms with van der Waals surface area (Å²) >= 11 is 6.01. The van der Waals surface area contributed by atoms with Crippen LogP contribution in [0.4, 0.5) is 0 Å². The van der Waals surface area contributed by atoms with E-state index in [0.717, 1.165) is 28.0 Å². The van der Waals surface area contributed by atoms with Crippen LogP contribution >= 0.6 is 11.6 Å². The molecule has 0 radical (unpaired) electrons. The summed E-state index contributed by atoms with van der Waals surface area (Å²) in [6, 6.07) is 11.6. The summed E-state index contributed by atoms with van der Waals surface area (Å²) in [6.45, 7) is 4.00. The third-order valence-electron chi connectivity index (χ3n) is 3.45. The Morgan fingerprint density at radius 3 is 2.60 bits per heavy atom. The molecule has 0 bridgehead atoms. The van der Waals surface area contributed by atoms with Gasteiger partial charge in [-0.05, 0) is 48.7 Å². The predicted molar refractivity (Wildman–Crippen MR) is 82.6 cm³/mol. The van der Waals surface area contributed by atoms with Gasteiger partial charge in [0.2, 0.25) is 0 Å². The molecule has 2 aromatic carbocycles.